The van der Waals surface area contributed by atoms with E-state index in [1.165, 1.54) is 11.8 Å². The van der Waals surface area contributed by atoms with Crippen LogP contribution in [0.1, 0.15) is 49.0 Å². The summed E-state index contributed by atoms with van der Waals surface area (Å²) in [4.78, 5) is 38.0. The van der Waals surface area contributed by atoms with Gasteiger partial charge in [0.2, 0.25) is 5.91 Å². The average molecular weight is 392 g/mol. The Labute approximate surface area is 170 Å². The third-order valence-corrected chi connectivity index (χ3v) is 4.87. The fraction of sp³-hybridized carbons (Fsp3) is 0.261. The van der Waals surface area contributed by atoms with Crippen molar-refractivity contribution in [3.8, 4) is 0 Å². The van der Waals surface area contributed by atoms with Gasteiger partial charge in [0.15, 0.2) is 6.61 Å². The molecule has 0 saturated heterocycles. The Balaban J connectivity index is 1.57. The molecule has 150 valence electrons. The molecule has 1 aliphatic rings. The highest BCUT2D eigenvalue weighted by Crippen LogP contribution is 2.33. The number of esters is 1. The van der Waals surface area contributed by atoms with E-state index in [4.69, 9.17) is 4.74 Å². The van der Waals surface area contributed by atoms with E-state index in [9.17, 15) is 14.4 Å². The van der Waals surface area contributed by atoms with Gasteiger partial charge in [-0.1, -0.05) is 54.6 Å². The van der Waals surface area contributed by atoms with Crippen molar-refractivity contribution in [3.63, 3.8) is 0 Å². The molecule has 6 nitrogen and oxygen atoms in total. The number of carbonyl (C=O) groups excluding carboxylic acids is 3. The van der Waals surface area contributed by atoms with Crippen LogP contribution in [0.15, 0.2) is 60.8 Å². The molecular formula is C23H24N2O4. The van der Waals surface area contributed by atoms with Gasteiger partial charge in [-0.15, -0.1) is 0 Å². The molecule has 0 unspecified atom stereocenters. The van der Waals surface area contributed by atoms with E-state index in [0.717, 1.165) is 16.7 Å². The second-order valence-electron chi connectivity index (χ2n) is 6.95. The SMILES string of the molecule is CC(=O)N1C=Cc2ccccc2[C@H]1CC(=O)OCC(=O)N[C@@H](C)c1ccccc1. The van der Waals surface area contributed by atoms with E-state index in [0.29, 0.717) is 0 Å². The first-order chi connectivity index (χ1) is 14.0. The zero-order valence-electron chi connectivity index (χ0n) is 16.5. The van der Waals surface area contributed by atoms with Crippen LogP contribution in [0.3, 0.4) is 0 Å². The highest BCUT2D eigenvalue weighted by atomic mass is 16.5. The lowest BCUT2D eigenvalue weighted by Crippen LogP contribution is -2.34. The molecular weight excluding hydrogens is 368 g/mol. The van der Waals surface area contributed by atoms with Gasteiger partial charge in [-0.3, -0.25) is 14.4 Å². The Hall–Kier alpha value is -3.41. The molecule has 2 aromatic rings. The zero-order valence-corrected chi connectivity index (χ0v) is 16.5. The summed E-state index contributed by atoms with van der Waals surface area (Å²) in [5.74, 6) is -1.07. The number of amides is 2. The van der Waals surface area contributed by atoms with Crippen LogP contribution in [-0.2, 0) is 19.1 Å². The van der Waals surface area contributed by atoms with Gasteiger partial charge >= 0.3 is 5.97 Å². The van der Waals surface area contributed by atoms with Crippen molar-refractivity contribution in [2.45, 2.75) is 32.4 Å². The van der Waals surface area contributed by atoms with Crippen LogP contribution >= 0.6 is 0 Å². The molecule has 1 N–H and O–H groups in total. The summed E-state index contributed by atoms with van der Waals surface area (Å²) in [6.07, 6.45) is 3.50. The van der Waals surface area contributed by atoms with Crippen molar-refractivity contribution < 1.29 is 19.1 Å². The number of hydrogen-bond acceptors (Lipinski definition) is 4. The lowest BCUT2D eigenvalue weighted by atomic mass is 9.94. The highest BCUT2D eigenvalue weighted by molar-refractivity contribution is 5.82. The van der Waals surface area contributed by atoms with Gasteiger partial charge in [0.25, 0.3) is 5.91 Å². The zero-order chi connectivity index (χ0) is 20.8. The fourth-order valence-corrected chi connectivity index (χ4v) is 3.38. The first-order valence-electron chi connectivity index (χ1n) is 9.51. The molecule has 6 heteroatoms. The standard InChI is InChI=1S/C23H24N2O4/c1-16(18-8-4-3-5-9-18)24-22(27)15-29-23(28)14-21-20-11-7-6-10-19(20)12-13-25(21)17(2)26/h3-13,16,21H,14-15H2,1-2H3,(H,24,27)/t16-,21+/m0/s1. The van der Waals surface area contributed by atoms with Crippen LogP contribution in [-0.4, -0.2) is 29.3 Å². The van der Waals surface area contributed by atoms with E-state index in [1.807, 2.05) is 67.6 Å². The van der Waals surface area contributed by atoms with Gasteiger partial charge < -0.3 is 15.0 Å². The van der Waals surface area contributed by atoms with Gasteiger partial charge in [-0.05, 0) is 29.7 Å². The van der Waals surface area contributed by atoms with Crippen molar-refractivity contribution >= 4 is 23.9 Å². The van der Waals surface area contributed by atoms with Crippen LogP contribution in [0.2, 0.25) is 0 Å². The average Bonchev–Trinajstić information content (AvgIpc) is 2.73. The molecule has 1 heterocycles. The van der Waals surface area contributed by atoms with Crippen molar-refractivity contribution in [3.05, 3.63) is 77.5 Å². The van der Waals surface area contributed by atoms with Gasteiger partial charge in [-0.25, -0.2) is 0 Å². The smallest absolute Gasteiger partial charge is 0.308 e. The molecule has 1 aliphatic heterocycles. The first kappa shape index (κ1) is 20.3. The lowest BCUT2D eigenvalue weighted by molar-refractivity contribution is -0.150. The number of benzene rings is 2. The monoisotopic (exact) mass is 392 g/mol. The highest BCUT2D eigenvalue weighted by Gasteiger charge is 2.29. The van der Waals surface area contributed by atoms with Crippen LogP contribution in [0.5, 0.6) is 0 Å². The topological polar surface area (TPSA) is 75.7 Å². The number of nitrogens with zero attached hydrogens (tertiary/aromatic N) is 1. The molecule has 2 amide bonds. The third-order valence-electron chi connectivity index (χ3n) is 4.87. The molecule has 0 aromatic heterocycles. The Morgan fingerprint density at radius 2 is 1.76 bits per heavy atom. The lowest BCUT2D eigenvalue weighted by Gasteiger charge is -2.32. The molecule has 0 aliphatic carbocycles. The molecule has 0 radical (unpaired) electrons. The fourth-order valence-electron chi connectivity index (χ4n) is 3.38. The van der Waals surface area contributed by atoms with Crippen LogP contribution < -0.4 is 5.32 Å². The van der Waals surface area contributed by atoms with Crippen molar-refractivity contribution in [1.82, 2.24) is 10.2 Å². The Morgan fingerprint density at radius 1 is 1.07 bits per heavy atom. The maximum absolute atomic E-state index is 12.4. The quantitative estimate of drug-likeness (QED) is 0.765. The Bertz CT molecular complexity index is 923. The number of carbonyl (C=O) groups is 3. The second-order valence-corrected chi connectivity index (χ2v) is 6.95. The predicted octanol–water partition coefficient (Wildman–Crippen LogP) is 3.37. The van der Waals surface area contributed by atoms with Crippen LogP contribution in [0.25, 0.3) is 6.08 Å². The van der Waals surface area contributed by atoms with E-state index in [-0.39, 0.29) is 30.9 Å². The van der Waals surface area contributed by atoms with Crippen molar-refractivity contribution in [1.29, 1.82) is 0 Å². The minimum atomic E-state index is -0.533. The molecule has 0 spiro atoms. The van der Waals surface area contributed by atoms with E-state index >= 15 is 0 Å². The normalized spacial score (nSPS) is 15.9. The summed E-state index contributed by atoms with van der Waals surface area (Å²) in [5, 5.41) is 2.81. The van der Waals surface area contributed by atoms with E-state index in [2.05, 4.69) is 5.32 Å². The third kappa shape index (κ3) is 5.10. The number of nitrogens with one attached hydrogen (secondary N) is 1. The summed E-state index contributed by atoms with van der Waals surface area (Å²) < 4.78 is 5.17. The summed E-state index contributed by atoms with van der Waals surface area (Å²) >= 11 is 0. The van der Waals surface area contributed by atoms with Gasteiger partial charge in [0.05, 0.1) is 18.5 Å². The molecule has 29 heavy (non-hydrogen) atoms. The van der Waals surface area contributed by atoms with Crippen molar-refractivity contribution in [2.75, 3.05) is 6.61 Å². The number of ether oxygens (including phenoxy) is 1. The number of hydrogen-bond donors (Lipinski definition) is 1. The van der Waals surface area contributed by atoms with Gasteiger partial charge in [0, 0.05) is 13.1 Å². The Kier molecular flexibility index (Phi) is 6.44. The molecule has 2 atom stereocenters. The minimum Gasteiger partial charge on any atom is -0.456 e. The summed E-state index contributed by atoms with van der Waals surface area (Å²) in [6, 6.07) is 16.5. The maximum atomic E-state index is 12.4. The molecule has 3 rings (SSSR count). The second kappa shape index (κ2) is 9.19. The minimum absolute atomic E-state index is 0.0253. The largest absolute Gasteiger partial charge is 0.456 e. The Morgan fingerprint density at radius 3 is 2.48 bits per heavy atom. The van der Waals surface area contributed by atoms with Crippen LogP contribution in [0.4, 0.5) is 0 Å². The molecule has 0 bridgehead atoms. The van der Waals surface area contributed by atoms with Crippen LogP contribution in [0, 0.1) is 0 Å². The van der Waals surface area contributed by atoms with Gasteiger partial charge in [0.1, 0.15) is 0 Å². The van der Waals surface area contributed by atoms with E-state index in [1.54, 1.807) is 6.20 Å². The van der Waals surface area contributed by atoms with Gasteiger partial charge in [-0.2, -0.15) is 0 Å². The molecule has 2 aromatic carbocycles. The summed E-state index contributed by atoms with van der Waals surface area (Å²) in [7, 11) is 0. The summed E-state index contributed by atoms with van der Waals surface area (Å²) in [6.45, 7) is 2.96. The predicted molar refractivity (Wildman–Crippen MR) is 109 cm³/mol. The summed E-state index contributed by atoms with van der Waals surface area (Å²) in [5.41, 5.74) is 2.80. The molecule has 0 saturated carbocycles. The number of fused-ring (bicyclic) bond motifs is 1. The number of rotatable bonds is 6. The first-order valence-corrected chi connectivity index (χ1v) is 9.51. The van der Waals surface area contributed by atoms with E-state index < -0.39 is 12.0 Å². The molecule has 0 fully saturated rings. The maximum Gasteiger partial charge on any atom is 0.308 e. The van der Waals surface area contributed by atoms with Crippen molar-refractivity contribution in [2.24, 2.45) is 0 Å².